The molecule has 5 nitrogen and oxygen atoms in total. The molecular weight excluding hydrogens is 304 g/mol. The number of amides is 2. The molecule has 0 saturated carbocycles. The Morgan fingerprint density at radius 2 is 1.71 bits per heavy atom. The Kier molecular flexibility index (Phi) is 6.53. The average Bonchev–Trinajstić information content (AvgIpc) is 3.09. The summed E-state index contributed by atoms with van der Waals surface area (Å²) >= 11 is 0. The molecule has 2 amide bonds. The largest absolute Gasteiger partial charge is 0.356 e. The summed E-state index contributed by atoms with van der Waals surface area (Å²) in [6.45, 7) is 5.97. The van der Waals surface area contributed by atoms with Crippen molar-refractivity contribution in [3.63, 3.8) is 0 Å². The summed E-state index contributed by atoms with van der Waals surface area (Å²) in [5.41, 5.74) is 2.87. The number of likely N-dealkylation sites (tertiary alicyclic amines) is 1. The first-order chi connectivity index (χ1) is 11.5. The van der Waals surface area contributed by atoms with Crippen LogP contribution in [0.25, 0.3) is 0 Å². The summed E-state index contributed by atoms with van der Waals surface area (Å²) in [5, 5.41) is 2.73. The molecule has 0 spiro atoms. The third-order valence-corrected chi connectivity index (χ3v) is 4.53. The SMILES string of the molecule is Cc1ccc(C(=O)CCC(=O)NCCC(=O)N2CCCC2)cc1C. The Labute approximate surface area is 143 Å². The minimum absolute atomic E-state index is 0.0265. The number of carbonyl (C=O) groups excluding carboxylic acids is 3. The van der Waals surface area contributed by atoms with Gasteiger partial charge in [-0.3, -0.25) is 14.4 Å². The molecule has 130 valence electrons. The van der Waals surface area contributed by atoms with Gasteiger partial charge in [-0.2, -0.15) is 0 Å². The molecule has 5 heteroatoms. The van der Waals surface area contributed by atoms with E-state index in [1.165, 1.54) is 0 Å². The molecule has 1 heterocycles. The van der Waals surface area contributed by atoms with E-state index in [9.17, 15) is 14.4 Å². The highest BCUT2D eigenvalue weighted by Gasteiger charge is 2.17. The van der Waals surface area contributed by atoms with E-state index in [4.69, 9.17) is 0 Å². The second-order valence-corrected chi connectivity index (χ2v) is 6.41. The maximum absolute atomic E-state index is 12.1. The number of ketones is 1. The highest BCUT2D eigenvalue weighted by atomic mass is 16.2. The molecule has 1 saturated heterocycles. The number of nitrogens with zero attached hydrogens (tertiary/aromatic N) is 1. The van der Waals surface area contributed by atoms with E-state index in [2.05, 4.69) is 5.32 Å². The third-order valence-electron chi connectivity index (χ3n) is 4.53. The molecule has 0 atom stereocenters. The van der Waals surface area contributed by atoms with Gasteiger partial charge in [0.2, 0.25) is 11.8 Å². The summed E-state index contributed by atoms with van der Waals surface area (Å²) in [6.07, 6.45) is 2.81. The summed E-state index contributed by atoms with van der Waals surface area (Å²) < 4.78 is 0. The van der Waals surface area contributed by atoms with Crippen molar-refractivity contribution in [2.24, 2.45) is 0 Å². The van der Waals surface area contributed by atoms with Crippen LogP contribution in [0, 0.1) is 13.8 Å². The molecule has 1 aliphatic heterocycles. The zero-order valence-electron chi connectivity index (χ0n) is 14.6. The van der Waals surface area contributed by atoms with E-state index in [-0.39, 0.29) is 30.4 Å². The Morgan fingerprint density at radius 3 is 2.38 bits per heavy atom. The van der Waals surface area contributed by atoms with Gasteiger partial charge >= 0.3 is 0 Å². The van der Waals surface area contributed by atoms with Gasteiger partial charge in [-0.25, -0.2) is 0 Å². The van der Waals surface area contributed by atoms with Gasteiger partial charge in [-0.15, -0.1) is 0 Å². The lowest BCUT2D eigenvalue weighted by Gasteiger charge is -2.15. The number of carbonyl (C=O) groups is 3. The van der Waals surface area contributed by atoms with Crippen molar-refractivity contribution in [3.8, 4) is 0 Å². The normalized spacial score (nSPS) is 13.8. The summed E-state index contributed by atoms with van der Waals surface area (Å²) in [4.78, 5) is 37.6. The van der Waals surface area contributed by atoms with Crippen LogP contribution in [0.4, 0.5) is 0 Å². The number of aryl methyl sites for hydroxylation is 2. The van der Waals surface area contributed by atoms with Crippen molar-refractivity contribution in [2.75, 3.05) is 19.6 Å². The molecule has 1 fully saturated rings. The van der Waals surface area contributed by atoms with Gasteiger partial charge in [-0.05, 0) is 43.9 Å². The van der Waals surface area contributed by atoms with E-state index in [0.29, 0.717) is 18.5 Å². The molecule has 24 heavy (non-hydrogen) atoms. The first kappa shape index (κ1) is 18.2. The van der Waals surface area contributed by atoms with Gasteiger partial charge in [0.15, 0.2) is 5.78 Å². The predicted octanol–water partition coefficient (Wildman–Crippen LogP) is 2.40. The molecule has 0 unspecified atom stereocenters. The number of nitrogens with one attached hydrogen (secondary N) is 1. The van der Waals surface area contributed by atoms with Crippen LogP contribution < -0.4 is 5.32 Å². The van der Waals surface area contributed by atoms with Crippen molar-refractivity contribution < 1.29 is 14.4 Å². The van der Waals surface area contributed by atoms with Gasteiger partial charge in [0, 0.05) is 44.5 Å². The van der Waals surface area contributed by atoms with Crippen molar-refractivity contribution >= 4 is 17.6 Å². The number of rotatable bonds is 7. The number of hydrogen-bond donors (Lipinski definition) is 1. The lowest BCUT2D eigenvalue weighted by Crippen LogP contribution is -2.32. The van der Waals surface area contributed by atoms with Crippen LogP contribution >= 0.6 is 0 Å². The van der Waals surface area contributed by atoms with Gasteiger partial charge < -0.3 is 10.2 Å². The van der Waals surface area contributed by atoms with Crippen molar-refractivity contribution in [3.05, 3.63) is 34.9 Å². The number of Topliss-reactive ketones (excluding diaryl/α,β-unsaturated/α-hetero) is 1. The summed E-state index contributed by atoms with van der Waals surface area (Å²) in [5.74, 6) is -0.109. The number of hydrogen-bond acceptors (Lipinski definition) is 3. The van der Waals surface area contributed by atoms with Crippen LogP contribution in [-0.4, -0.2) is 42.1 Å². The van der Waals surface area contributed by atoms with Gasteiger partial charge in [-0.1, -0.05) is 12.1 Å². The van der Waals surface area contributed by atoms with E-state index >= 15 is 0 Å². The quantitative estimate of drug-likeness (QED) is 0.781. The van der Waals surface area contributed by atoms with Gasteiger partial charge in [0.1, 0.15) is 0 Å². The first-order valence-electron chi connectivity index (χ1n) is 8.62. The Hall–Kier alpha value is -2.17. The molecule has 0 aromatic heterocycles. The third kappa shape index (κ3) is 5.18. The standard InChI is InChI=1S/C19H26N2O3/c1-14-5-6-16(13-15(14)2)17(22)7-8-18(23)20-10-9-19(24)21-11-3-4-12-21/h5-6,13H,3-4,7-12H2,1-2H3,(H,20,23). The second-order valence-electron chi connectivity index (χ2n) is 6.41. The summed E-state index contributed by atoms with van der Waals surface area (Å²) in [7, 11) is 0. The first-order valence-corrected chi connectivity index (χ1v) is 8.62. The lowest BCUT2D eigenvalue weighted by atomic mass is 10.0. The van der Waals surface area contributed by atoms with Crippen LogP contribution in [0.3, 0.4) is 0 Å². The highest BCUT2D eigenvalue weighted by Crippen LogP contribution is 2.12. The molecule has 1 aromatic rings. The van der Waals surface area contributed by atoms with Gasteiger partial charge in [0.25, 0.3) is 0 Å². The van der Waals surface area contributed by atoms with Crippen LogP contribution in [-0.2, 0) is 9.59 Å². The number of benzene rings is 1. The van der Waals surface area contributed by atoms with Crippen molar-refractivity contribution in [2.45, 2.75) is 46.0 Å². The van der Waals surface area contributed by atoms with Crippen molar-refractivity contribution in [1.29, 1.82) is 0 Å². The van der Waals surface area contributed by atoms with E-state index in [1.54, 1.807) is 6.07 Å². The topological polar surface area (TPSA) is 66.5 Å². The fourth-order valence-corrected chi connectivity index (χ4v) is 2.81. The van der Waals surface area contributed by atoms with E-state index in [0.717, 1.165) is 37.1 Å². The van der Waals surface area contributed by atoms with Gasteiger partial charge in [0.05, 0.1) is 0 Å². The predicted molar refractivity (Wildman–Crippen MR) is 92.9 cm³/mol. The van der Waals surface area contributed by atoms with E-state index in [1.807, 2.05) is 30.9 Å². The Bertz CT molecular complexity index is 619. The monoisotopic (exact) mass is 330 g/mol. The maximum Gasteiger partial charge on any atom is 0.224 e. The molecule has 0 bridgehead atoms. The second kappa shape index (κ2) is 8.62. The van der Waals surface area contributed by atoms with Crippen molar-refractivity contribution in [1.82, 2.24) is 10.2 Å². The smallest absolute Gasteiger partial charge is 0.224 e. The fourth-order valence-electron chi connectivity index (χ4n) is 2.81. The minimum atomic E-state index is -0.179. The fraction of sp³-hybridized carbons (Fsp3) is 0.526. The molecule has 2 rings (SSSR count). The Balaban J connectivity index is 1.67. The molecule has 1 aromatic carbocycles. The zero-order valence-corrected chi connectivity index (χ0v) is 14.6. The summed E-state index contributed by atoms with van der Waals surface area (Å²) in [6, 6.07) is 5.59. The van der Waals surface area contributed by atoms with Crippen LogP contribution in [0.1, 0.15) is 53.6 Å². The lowest BCUT2D eigenvalue weighted by molar-refractivity contribution is -0.130. The molecule has 0 aliphatic carbocycles. The minimum Gasteiger partial charge on any atom is -0.356 e. The van der Waals surface area contributed by atoms with Crippen LogP contribution in [0.15, 0.2) is 18.2 Å². The average molecular weight is 330 g/mol. The van der Waals surface area contributed by atoms with Crippen LogP contribution in [0.5, 0.6) is 0 Å². The molecular formula is C19H26N2O3. The van der Waals surface area contributed by atoms with Crippen LogP contribution in [0.2, 0.25) is 0 Å². The molecule has 1 aliphatic rings. The van der Waals surface area contributed by atoms with E-state index < -0.39 is 0 Å². The molecule has 0 radical (unpaired) electrons. The zero-order chi connectivity index (χ0) is 17.5. The molecule has 1 N–H and O–H groups in total. The highest BCUT2D eigenvalue weighted by molar-refractivity contribution is 5.98. The Morgan fingerprint density at radius 1 is 1.00 bits per heavy atom. The maximum atomic E-state index is 12.1.